The van der Waals surface area contributed by atoms with Gasteiger partial charge in [0.1, 0.15) is 0 Å². The predicted molar refractivity (Wildman–Crippen MR) is 73.4 cm³/mol. The largest absolute Gasteiger partial charge is 0.381 e. The first-order chi connectivity index (χ1) is 8.40. The van der Waals surface area contributed by atoms with Gasteiger partial charge in [-0.25, -0.2) is 0 Å². The molecule has 0 aliphatic heterocycles. The number of hydrogen-bond acceptors (Lipinski definition) is 3. The van der Waals surface area contributed by atoms with Crippen LogP contribution in [0, 0.1) is 0 Å². The average molecular weight is 247 g/mol. The molecule has 1 N–H and O–H groups in total. The number of ether oxygens (including phenoxy) is 1. The standard InChI is InChI=1S/C14H17NOS/c1-2-16-10-13-5-3-4-6-14(13)15-9-12-7-8-17-11-12/h3-8,11,15H,2,9-10H2,1H3. The third kappa shape index (κ3) is 3.58. The Labute approximate surface area is 106 Å². The van der Waals surface area contributed by atoms with Crippen molar-refractivity contribution < 1.29 is 4.74 Å². The Kier molecular flexibility index (Phi) is 4.59. The molecule has 0 aliphatic rings. The monoisotopic (exact) mass is 247 g/mol. The highest BCUT2D eigenvalue weighted by Gasteiger charge is 2.01. The van der Waals surface area contributed by atoms with Gasteiger partial charge in [0.25, 0.3) is 0 Å². The number of nitrogens with one attached hydrogen (secondary N) is 1. The van der Waals surface area contributed by atoms with E-state index in [-0.39, 0.29) is 0 Å². The van der Waals surface area contributed by atoms with Crippen molar-refractivity contribution in [3.63, 3.8) is 0 Å². The molecule has 0 atom stereocenters. The fourth-order valence-electron chi connectivity index (χ4n) is 1.62. The molecule has 2 nitrogen and oxygen atoms in total. The third-order valence-corrected chi connectivity index (χ3v) is 3.27. The van der Waals surface area contributed by atoms with E-state index in [1.807, 2.05) is 19.1 Å². The Balaban J connectivity index is 1.99. The van der Waals surface area contributed by atoms with Gasteiger partial charge in [-0.2, -0.15) is 11.3 Å². The molecule has 0 bridgehead atoms. The van der Waals surface area contributed by atoms with Crippen LogP contribution in [0.4, 0.5) is 5.69 Å². The van der Waals surface area contributed by atoms with Gasteiger partial charge in [0.15, 0.2) is 0 Å². The van der Waals surface area contributed by atoms with Crippen LogP contribution in [0.15, 0.2) is 41.1 Å². The number of anilines is 1. The van der Waals surface area contributed by atoms with Crippen LogP contribution < -0.4 is 5.32 Å². The van der Waals surface area contributed by atoms with Crippen LogP contribution in [0.2, 0.25) is 0 Å². The Morgan fingerprint density at radius 1 is 1.24 bits per heavy atom. The topological polar surface area (TPSA) is 21.3 Å². The number of thiophene rings is 1. The quantitative estimate of drug-likeness (QED) is 0.836. The van der Waals surface area contributed by atoms with Crippen molar-refractivity contribution in [1.29, 1.82) is 0 Å². The molecule has 90 valence electrons. The summed E-state index contributed by atoms with van der Waals surface area (Å²) in [5.74, 6) is 0. The minimum atomic E-state index is 0.670. The highest BCUT2D eigenvalue weighted by molar-refractivity contribution is 7.07. The zero-order chi connectivity index (χ0) is 11.9. The van der Waals surface area contributed by atoms with Crippen molar-refractivity contribution in [2.45, 2.75) is 20.1 Å². The molecule has 0 aliphatic carbocycles. The summed E-state index contributed by atoms with van der Waals surface area (Å²) in [4.78, 5) is 0. The van der Waals surface area contributed by atoms with E-state index in [1.54, 1.807) is 11.3 Å². The molecule has 0 saturated heterocycles. The summed E-state index contributed by atoms with van der Waals surface area (Å²) in [6.07, 6.45) is 0. The van der Waals surface area contributed by atoms with Crippen LogP contribution in [0.5, 0.6) is 0 Å². The number of hydrogen-bond donors (Lipinski definition) is 1. The van der Waals surface area contributed by atoms with E-state index in [1.165, 1.54) is 11.1 Å². The molecule has 2 rings (SSSR count). The third-order valence-electron chi connectivity index (χ3n) is 2.54. The summed E-state index contributed by atoms with van der Waals surface area (Å²) in [5.41, 5.74) is 3.69. The molecule has 1 aromatic heterocycles. The van der Waals surface area contributed by atoms with E-state index in [4.69, 9.17) is 4.74 Å². The van der Waals surface area contributed by atoms with Gasteiger partial charge < -0.3 is 10.1 Å². The highest BCUT2D eigenvalue weighted by atomic mass is 32.1. The van der Waals surface area contributed by atoms with Crippen LogP contribution >= 0.6 is 11.3 Å². The van der Waals surface area contributed by atoms with Crippen molar-refractivity contribution in [2.24, 2.45) is 0 Å². The van der Waals surface area contributed by atoms with Gasteiger partial charge in [-0.05, 0) is 35.4 Å². The van der Waals surface area contributed by atoms with E-state index < -0.39 is 0 Å². The molecule has 0 radical (unpaired) electrons. The van der Waals surface area contributed by atoms with Gasteiger partial charge in [-0.1, -0.05) is 18.2 Å². The summed E-state index contributed by atoms with van der Waals surface area (Å²) >= 11 is 1.73. The van der Waals surface area contributed by atoms with E-state index in [0.29, 0.717) is 6.61 Å². The maximum atomic E-state index is 5.46. The second-order valence-electron chi connectivity index (χ2n) is 3.78. The zero-order valence-electron chi connectivity index (χ0n) is 9.98. The number of rotatable bonds is 6. The molecular formula is C14H17NOS. The molecule has 2 aromatic rings. The van der Waals surface area contributed by atoms with Crippen molar-refractivity contribution in [2.75, 3.05) is 11.9 Å². The lowest BCUT2D eigenvalue weighted by atomic mass is 10.2. The van der Waals surface area contributed by atoms with E-state index in [2.05, 4.69) is 34.3 Å². The van der Waals surface area contributed by atoms with Crippen molar-refractivity contribution in [3.8, 4) is 0 Å². The Morgan fingerprint density at radius 2 is 2.12 bits per heavy atom. The second kappa shape index (κ2) is 6.42. The lowest BCUT2D eigenvalue weighted by Crippen LogP contribution is -2.02. The summed E-state index contributed by atoms with van der Waals surface area (Å²) in [6, 6.07) is 10.4. The van der Waals surface area contributed by atoms with E-state index >= 15 is 0 Å². The van der Waals surface area contributed by atoms with Crippen molar-refractivity contribution >= 4 is 17.0 Å². The average Bonchev–Trinajstić information content (AvgIpc) is 2.88. The summed E-state index contributed by atoms with van der Waals surface area (Å²) in [7, 11) is 0. The maximum absolute atomic E-state index is 5.46. The summed E-state index contributed by atoms with van der Waals surface area (Å²) in [5, 5.41) is 7.72. The minimum absolute atomic E-state index is 0.670. The molecule has 1 aromatic carbocycles. The smallest absolute Gasteiger partial charge is 0.0736 e. The first kappa shape index (κ1) is 12.1. The molecule has 0 saturated carbocycles. The van der Waals surface area contributed by atoms with E-state index in [0.717, 1.165) is 18.8 Å². The van der Waals surface area contributed by atoms with E-state index in [9.17, 15) is 0 Å². The SMILES string of the molecule is CCOCc1ccccc1NCc1ccsc1. The van der Waals surface area contributed by atoms with Gasteiger partial charge in [-0.3, -0.25) is 0 Å². The normalized spacial score (nSPS) is 10.4. The van der Waals surface area contributed by atoms with Crippen LogP contribution in [-0.2, 0) is 17.9 Å². The van der Waals surface area contributed by atoms with Gasteiger partial charge in [-0.15, -0.1) is 0 Å². The van der Waals surface area contributed by atoms with Gasteiger partial charge >= 0.3 is 0 Å². The molecule has 0 spiro atoms. The predicted octanol–water partition coefficient (Wildman–Crippen LogP) is 3.90. The first-order valence-electron chi connectivity index (χ1n) is 5.80. The second-order valence-corrected chi connectivity index (χ2v) is 4.56. The molecule has 3 heteroatoms. The zero-order valence-corrected chi connectivity index (χ0v) is 10.8. The molecule has 0 fully saturated rings. The fraction of sp³-hybridized carbons (Fsp3) is 0.286. The number of para-hydroxylation sites is 1. The molecule has 1 heterocycles. The maximum Gasteiger partial charge on any atom is 0.0736 e. The van der Waals surface area contributed by atoms with Crippen LogP contribution in [0.25, 0.3) is 0 Å². The molecule has 0 unspecified atom stereocenters. The number of benzene rings is 1. The molecule has 0 amide bonds. The molecule has 17 heavy (non-hydrogen) atoms. The lowest BCUT2D eigenvalue weighted by Gasteiger charge is -2.11. The summed E-state index contributed by atoms with van der Waals surface area (Å²) in [6.45, 7) is 4.30. The first-order valence-corrected chi connectivity index (χ1v) is 6.75. The van der Waals surface area contributed by atoms with Gasteiger partial charge in [0, 0.05) is 24.4 Å². The Hall–Kier alpha value is -1.32. The highest BCUT2D eigenvalue weighted by Crippen LogP contribution is 2.17. The minimum Gasteiger partial charge on any atom is -0.381 e. The van der Waals surface area contributed by atoms with Crippen molar-refractivity contribution in [1.82, 2.24) is 0 Å². The van der Waals surface area contributed by atoms with Gasteiger partial charge in [0.2, 0.25) is 0 Å². The van der Waals surface area contributed by atoms with Crippen LogP contribution in [0.3, 0.4) is 0 Å². The fourth-order valence-corrected chi connectivity index (χ4v) is 2.29. The Bertz CT molecular complexity index is 439. The van der Waals surface area contributed by atoms with Gasteiger partial charge in [0.05, 0.1) is 6.61 Å². The van der Waals surface area contributed by atoms with Crippen molar-refractivity contribution in [3.05, 3.63) is 52.2 Å². The Morgan fingerprint density at radius 3 is 2.88 bits per heavy atom. The summed E-state index contributed by atoms with van der Waals surface area (Å²) < 4.78 is 5.46. The molecular weight excluding hydrogens is 230 g/mol. The van der Waals surface area contributed by atoms with Crippen LogP contribution in [-0.4, -0.2) is 6.61 Å². The lowest BCUT2D eigenvalue weighted by molar-refractivity contribution is 0.134. The van der Waals surface area contributed by atoms with Crippen LogP contribution in [0.1, 0.15) is 18.1 Å².